The van der Waals surface area contributed by atoms with Crippen LogP contribution in [0.5, 0.6) is 0 Å². The molecule has 86 valence electrons. The zero-order valence-corrected chi connectivity index (χ0v) is 10.2. The Labute approximate surface area is 102 Å². The second-order valence-electron chi connectivity index (χ2n) is 4.00. The van der Waals surface area contributed by atoms with Crippen LogP contribution >= 0.6 is 11.3 Å². The minimum absolute atomic E-state index is 0.170. The van der Waals surface area contributed by atoms with Crippen molar-refractivity contribution in [2.45, 2.75) is 13.5 Å². The molecule has 0 radical (unpaired) electrons. The molecule has 0 amide bonds. The third-order valence-electron chi connectivity index (χ3n) is 2.73. The van der Waals surface area contributed by atoms with Gasteiger partial charge in [0.2, 0.25) is 0 Å². The fourth-order valence-electron chi connectivity index (χ4n) is 1.94. The molecule has 0 aliphatic heterocycles. The smallest absolute Gasteiger partial charge is 0.132 e. The van der Waals surface area contributed by atoms with Crippen LogP contribution in [0.1, 0.15) is 10.7 Å². The summed E-state index contributed by atoms with van der Waals surface area (Å²) in [5, 5.41) is 3.74. The van der Waals surface area contributed by atoms with E-state index in [1.54, 1.807) is 17.4 Å². The van der Waals surface area contributed by atoms with Crippen molar-refractivity contribution in [1.29, 1.82) is 0 Å². The van der Waals surface area contributed by atoms with Gasteiger partial charge in [-0.3, -0.25) is 0 Å². The molecule has 2 heterocycles. The van der Waals surface area contributed by atoms with Crippen LogP contribution < -0.4 is 0 Å². The van der Waals surface area contributed by atoms with E-state index in [4.69, 9.17) is 0 Å². The molecular weight excluding hydrogens is 235 g/mol. The Morgan fingerprint density at radius 2 is 2.24 bits per heavy atom. The summed E-state index contributed by atoms with van der Waals surface area (Å²) in [6, 6.07) is 6.96. The summed E-state index contributed by atoms with van der Waals surface area (Å²) in [7, 11) is 0. The standard InChI is InChI=1S/C13H11FN2S/c1-9-8-17-13(15-9)7-16-6-5-10-11(14)3-2-4-12(10)16/h2-6,8H,7H2,1H3. The number of hydrogen-bond acceptors (Lipinski definition) is 2. The number of nitrogens with zero attached hydrogens (tertiary/aromatic N) is 2. The number of halogens is 1. The van der Waals surface area contributed by atoms with Gasteiger partial charge < -0.3 is 4.57 Å². The lowest BCUT2D eigenvalue weighted by Crippen LogP contribution is -1.97. The normalized spacial score (nSPS) is 11.2. The molecule has 3 rings (SSSR count). The van der Waals surface area contributed by atoms with E-state index < -0.39 is 0 Å². The molecule has 0 aliphatic rings. The quantitative estimate of drug-likeness (QED) is 0.675. The molecule has 0 spiro atoms. The summed E-state index contributed by atoms with van der Waals surface area (Å²) in [5.41, 5.74) is 1.95. The van der Waals surface area contributed by atoms with Crippen molar-refractivity contribution >= 4 is 22.2 Å². The number of hydrogen-bond donors (Lipinski definition) is 0. The third-order valence-corrected chi connectivity index (χ3v) is 3.68. The summed E-state index contributed by atoms with van der Waals surface area (Å²) in [6.45, 7) is 2.68. The van der Waals surface area contributed by atoms with Gasteiger partial charge in [-0.05, 0) is 25.1 Å². The summed E-state index contributed by atoms with van der Waals surface area (Å²) >= 11 is 1.63. The maximum absolute atomic E-state index is 13.5. The molecule has 4 heteroatoms. The molecule has 0 fully saturated rings. The largest absolute Gasteiger partial charge is 0.341 e. The molecule has 1 aromatic carbocycles. The van der Waals surface area contributed by atoms with Crippen molar-refractivity contribution in [3.8, 4) is 0 Å². The summed E-state index contributed by atoms with van der Waals surface area (Å²) in [4.78, 5) is 4.42. The van der Waals surface area contributed by atoms with E-state index in [1.165, 1.54) is 6.07 Å². The first-order chi connectivity index (χ1) is 8.24. The van der Waals surface area contributed by atoms with Gasteiger partial charge in [-0.25, -0.2) is 9.37 Å². The molecule has 17 heavy (non-hydrogen) atoms. The van der Waals surface area contributed by atoms with Gasteiger partial charge in [0.1, 0.15) is 10.8 Å². The highest BCUT2D eigenvalue weighted by molar-refractivity contribution is 7.09. The second-order valence-corrected chi connectivity index (χ2v) is 4.94. The van der Waals surface area contributed by atoms with E-state index in [-0.39, 0.29) is 5.82 Å². The molecule has 0 saturated carbocycles. The Balaban J connectivity index is 2.04. The van der Waals surface area contributed by atoms with Gasteiger partial charge in [0.05, 0.1) is 12.1 Å². The number of rotatable bonds is 2. The Morgan fingerprint density at radius 1 is 1.35 bits per heavy atom. The van der Waals surface area contributed by atoms with Crippen molar-refractivity contribution < 1.29 is 4.39 Å². The molecule has 0 N–H and O–H groups in total. The number of benzene rings is 1. The molecule has 2 nitrogen and oxygen atoms in total. The molecule has 0 bridgehead atoms. The van der Waals surface area contributed by atoms with Crippen LogP contribution in [0.3, 0.4) is 0 Å². The minimum Gasteiger partial charge on any atom is -0.341 e. The Hall–Kier alpha value is -1.68. The molecule has 0 aliphatic carbocycles. The van der Waals surface area contributed by atoms with Gasteiger partial charge in [0.25, 0.3) is 0 Å². The lowest BCUT2D eigenvalue weighted by Gasteiger charge is -2.02. The van der Waals surface area contributed by atoms with Crippen molar-refractivity contribution in [2.75, 3.05) is 0 Å². The first kappa shape index (κ1) is 10.5. The summed E-state index contributed by atoms with van der Waals surface area (Å²) in [6.07, 6.45) is 1.91. The highest BCUT2D eigenvalue weighted by atomic mass is 32.1. The molecule has 0 atom stereocenters. The van der Waals surface area contributed by atoms with Crippen molar-refractivity contribution in [1.82, 2.24) is 9.55 Å². The van der Waals surface area contributed by atoms with Crippen LogP contribution in [0.25, 0.3) is 10.9 Å². The predicted molar refractivity (Wildman–Crippen MR) is 67.8 cm³/mol. The Bertz CT molecular complexity index is 669. The van der Waals surface area contributed by atoms with Crippen molar-refractivity contribution in [2.24, 2.45) is 0 Å². The highest BCUT2D eigenvalue weighted by Crippen LogP contribution is 2.20. The number of aromatic nitrogens is 2. The zero-order valence-electron chi connectivity index (χ0n) is 9.35. The van der Waals surface area contributed by atoms with Crippen molar-refractivity contribution in [3.63, 3.8) is 0 Å². The predicted octanol–water partition coefficient (Wildman–Crippen LogP) is 3.59. The van der Waals surface area contributed by atoms with Gasteiger partial charge in [0.15, 0.2) is 0 Å². The van der Waals surface area contributed by atoms with Crippen LogP contribution in [0.4, 0.5) is 4.39 Å². The highest BCUT2D eigenvalue weighted by Gasteiger charge is 2.06. The van der Waals surface area contributed by atoms with Crippen LogP contribution in [0, 0.1) is 12.7 Å². The Morgan fingerprint density at radius 3 is 3.00 bits per heavy atom. The summed E-state index contributed by atoms with van der Waals surface area (Å²) < 4.78 is 15.5. The monoisotopic (exact) mass is 246 g/mol. The maximum Gasteiger partial charge on any atom is 0.132 e. The van der Waals surface area contributed by atoms with Gasteiger partial charge in [0, 0.05) is 22.7 Å². The average Bonchev–Trinajstić information content (AvgIpc) is 2.88. The van der Waals surface area contributed by atoms with Crippen LogP contribution in [0.15, 0.2) is 35.8 Å². The minimum atomic E-state index is -0.170. The molecular formula is C13H11FN2S. The van der Waals surface area contributed by atoms with E-state index in [0.717, 1.165) is 16.2 Å². The van der Waals surface area contributed by atoms with Gasteiger partial charge in [-0.1, -0.05) is 6.07 Å². The molecule has 0 saturated heterocycles. The number of thiazole rings is 1. The fourth-order valence-corrected chi connectivity index (χ4v) is 2.71. The SMILES string of the molecule is Cc1csc(Cn2ccc3c(F)cccc32)n1. The molecule has 0 unspecified atom stereocenters. The zero-order chi connectivity index (χ0) is 11.8. The van der Waals surface area contributed by atoms with Gasteiger partial charge in [-0.2, -0.15) is 0 Å². The van der Waals surface area contributed by atoms with E-state index >= 15 is 0 Å². The van der Waals surface area contributed by atoms with E-state index in [9.17, 15) is 4.39 Å². The second kappa shape index (κ2) is 3.96. The van der Waals surface area contributed by atoms with Gasteiger partial charge >= 0.3 is 0 Å². The maximum atomic E-state index is 13.5. The van der Waals surface area contributed by atoms with Crippen LogP contribution in [-0.2, 0) is 6.54 Å². The third kappa shape index (κ3) is 1.85. The van der Waals surface area contributed by atoms with E-state index in [0.29, 0.717) is 11.9 Å². The topological polar surface area (TPSA) is 17.8 Å². The first-order valence-electron chi connectivity index (χ1n) is 5.38. The summed E-state index contributed by atoms with van der Waals surface area (Å²) in [5.74, 6) is -0.170. The van der Waals surface area contributed by atoms with Crippen molar-refractivity contribution in [3.05, 3.63) is 52.4 Å². The Kier molecular flexibility index (Phi) is 2.44. The van der Waals surface area contributed by atoms with Crippen LogP contribution in [0.2, 0.25) is 0 Å². The van der Waals surface area contributed by atoms with Gasteiger partial charge in [-0.15, -0.1) is 11.3 Å². The number of fused-ring (bicyclic) bond motifs is 1. The van der Waals surface area contributed by atoms with E-state index in [2.05, 4.69) is 4.98 Å². The first-order valence-corrected chi connectivity index (χ1v) is 6.26. The number of aryl methyl sites for hydroxylation is 1. The lowest BCUT2D eigenvalue weighted by molar-refractivity contribution is 0.639. The molecule has 2 aromatic heterocycles. The lowest BCUT2D eigenvalue weighted by atomic mass is 10.2. The van der Waals surface area contributed by atoms with E-state index in [1.807, 2.05) is 35.2 Å². The molecule has 3 aromatic rings. The fraction of sp³-hybridized carbons (Fsp3) is 0.154. The van der Waals surface area contributed by atoms with Crippen LogP contribution in [-0.4, -0.2) is 9.55 Å². The average molecular weight is 246 g/mol.